The first kappa shape index (κ1) is 12.9. The van der Waals surface area contributed by atoms with Gasteiger partial charge in [0, 0.05) is 5.92 Å². The van der Waals surface area contributed by atoms with Crippen molar-refractivity contribution in [3.05, 3.63) is 48.0 Å². The number of amides is 2. The van der Waals surface area contributed by atoms with Gasteiger partial charge in [-0.2, -0.15) is 0 Å². The van der Waals surface area contributed by atoms with E-state index in [4.69, 9.17) is 4.74 Å². The minimum atomic E-state index is -0.497. The Morgan fingerprint density at radius 3 is 2.60 bits per heavy atom. The highest BCUT2D eigenvalue weighted by Crippen LogP contribution is 2.25. The van der Waals surface area contributed by atoms with E-state index in [0.29, 0.717) is 13.0 Å². The van der Waals surface area contributed by atoms with Crippen molar-refractivity contribution in [3.63, 3.8) is 0 Å². The lowest BCUT2D eigenvalue weighted by Gasteiger charge is -2.22. The molecule has 2 amide bonds. The fourth-order valence-corrected chi connectivity index (χ4v) is 2.78. The number of cyclic esters (lactones) is 1. The molecule has 1 atom stereocenters. The van der Waals surface area contributed by atoms with Gasteiger partial charge in [0.05, 0.1) is 6.04 Å². The molecule has 3 rings (SSSR count). The maximum absolute atomic E-state index is 12.4. The van der Waals surface area contributed by atoms with Gasteiger partial charge in [0.15, 0.2) is 0 Å². The number of rotatable bonds is 3. The van der Waals surface area contributed by atoms with Gasteiger partial charge in [-0.1, -0.05) is 42.5 Å². The van der Waals surface area contributed by atoms with Gasteiger partial charge in [-0.05, 0) is 24.8 Å². The highest BCUT2D eigenvalue weighted by Gasteiger charge is 2.40. The second-order valence-corrected chi connectivity index (χ2v) is 5.27. The molecule has 0 radical (unpaired) electrons. The lowest BCUT2D eigenvalue weighted by Crippen LogP contribution is -2.43. The number of imide groups is 1. The zero-order valence-corrected chi connectivity index (χ0v) is 11.2. The standard InChI is InChI=1S/C16H17NO3/c18-15(13-8-4-5-9-13)17-14(11-20-16(17)19)10-12-6-2-1-3-7-12/h1-7,13-14H,8-11H2. The van der Waals surface area contributed by atoms with Crippen molar-refractivity contribution in [1.82, 2.24) is 4.90 Å². The Hall–Kier alpha value is -2.10. The molecule has 1 aliphatic carbocycles. The van der Waals surface area contributed by atoms with E-state index < -0.39 is 6.09 Å². The summed E-state index contributed by atoms with van der Waals surface area (Å²) >= 11 is 0. The normalized spacial score (nSPS) is 22.3. The maximum atomic E-state index is 12.4. The molecule has 0 N–H and O–H groups in total. The summed E-state index contributed by atoms with van der Waals surface area (Å²) in [6.07, 6.45) is 5.59. The Balaban J connectivity index is 1.73. The van der Waals surface area contributed by atoms with E-state index in [9.17, 15) is 9.59 Å². The van der Waals surface area contributed by atoms with E-state index in [1.807, 2.05) is 42.5 Å². The van der Waals surface area contributed by atoms with Crippen molar-refractivity contribution in [3.8, 4) is 0 Å². The molecule has 2 aliphatic rings. The Labute approximate surface area is 118 Å². The van der Waals surface area contributed by atoms with Crippen LogP contribution in [0.25, 0.3) is 0 Å². The van der Waals surface area contributed by atoms with Crippen LogP contribution >= 0.6 is 0 Å². The molecule has 1 saturated heterocycles. The molecule has 4 nitrogen and oxygen atoms in total. The fraction of sp³-hybridized carbons (Fsp3) is 0.375. The second-order valence-electron chi connectivity index (χ2n) is 5.27. The van der Waals surface area contributed by atoms with Gasteiger partial charge >= 0.3 is 6.09 Å². The Bertz CT molecular complexity index is 530. The first-order valence-corrected chi connectivity index (χ1v) is 6.94. The van der Waals surface area contributed by atoms with Crippen LogP contribution in [0, 0.1) is 5.92 Å². The Morgan fingerprint density at radius 2 is 1.90 bits per heavy atom. The fourth-order valence-electron chi connectivity index (χ4n) is 2.78. The summed E-state index contributed by atoms with van der Waals surface area (Å²) in [6, 6.07) is 9.69. The minimum absolute atomic E-state index is 0.0982. The number of hydrogen-bond acceptors (Lipinski definition) is 3. The molecule has 1 heterocycles. The zero-order valence-electron chi connectivity index (χ0n) is 11.2. The third kappa shape index (κ3) is 2.46. The molecule has 1 unspecified atom stereocenters. The van der Waals surface area contributed by atoms with Gasteiger partial charge in [-0.3, -0.25) is 4.79 Å². The number of benzene rings is 1. The lowest BCUT2D eigenvalue weighted by molar-refractivity contribution is -0.133. The van der Waals surface area contributed by atoms with Gasteiger partial charge in [0.25, 0.3) is 0 Å². The smallest absolute Gasteiger partial charge is 0.416 e. The molecule has 1 aliphatic heterocycles. The van der Waals surface area contributed by atoms with E-state index >= 15 is 0 Å². The predicted molar refractivity (Wildman–Crippen MR) is 74.0 cm³/mol. The van der Waals surface area contributed by atoms with E-state index in [1.54, 1.807) is 0 Å². The van der Waals surface area contributed by atoms with Crippen LogP contribution in [0.3, 0.4) is 0 Å². The van der Waals surface area contributed by atoms with Gasteiger partial charge in [-0.15, -0.1) is 0 Å². The molecule has 1 fully saturated rings. The highest BCUT2D eigenvalue weighted by atomic mass is 16.6. The van der Waals surface area contributed by atoms with E-state index in [0.717, 1.165) is 18.4 Å². The molecule has 1 aromatic rings. The van der Waals surface area contributed by atoms with Crippen LogP contribution in [0.2, 0.25) is 0 Å². The molecule has 0 spiro atoms. The van der Waals surface area contributed by atoms with E-state index in [-0.39, 0.29) is 17.9 Å². The summed E-state index contributed by atoms with van der Waals surface area (Å²) in [6.45, 7) is 0.291. The Morgan fingerprint density at radius 1 is 1.20 bits per heavy atom. The van der Waals surface area contributed by atoms with Crippen LogP contribution in [-0.2, 0) is 16.0 Å². The number of hydrogen-bond donors (Lipinski definition) is 0. The van der Waals surface area contributed by atoms with Crippen molar-refractivity contribution in [1.29, 1.82) is 0 Å². The van der Waals surface area contributed by atoms with E-state index in [2.05, 4.69) is 0 Å². The van der Waals surface area contributed by atoms with Crippen LogP contribution in [0.4, 0.5) is 4.79 Å². The topological polar surface area (TPSA) is 46.6 Å². The van der Waals surface area contributed by atoms with Crippen LogP contribution in [0.15, 0.2) is 42.5 Å². The van der Waals surface area contributed by atoms with Crippen LogP contribution in [0.1, 0.15) is 18.4 Å². The number of carbonyl (C=O) groups is 2. The summed E-state index contributed by atoms with van der Waals surface area (Å²) in [5.74, 6) is -0.197. The summed E-state index contributed by atoms with van der Waals surface area (Å²) < 4.78 is 5.08. The van der Waals surface area contributed by atoms with Gasteiger partial charge in [0.2, 0.25) is 5.91 Å². The van der Waals surface area contributed by atoms with Gasteiger partial charge < -0.3 is 4.74 Å². The quantitative estimate of drug-likeness (QED) is 0.794. The maximum Gasteiger partial charge on any atom is 0.416 e. The molecular formula is C16H17NO3. The molecule has 104 valence electrons. The predicted octanol–water partition coefficient (Wildman–Crippen LogP) is 2.54. The average molecular weight is 271 g/mol. The number of ether oxygens (including phenoxy) is 1. The summed E-state index contributed by atoms with van der Waals surface area (Å²) in [4.78, 5) is 25.6. The monoisotopic (exact) mass is 271 g/mol. The lowest BCUT2D eigenvalue weighted by atomic mass is 10.0. The van der Waals surface area contributed by atoms with Crippen molar-refractivity contribution < 1.29 is 14.3 Å². The van der Waals surface area contributed by atoms with Crippen LogP contribution in [0.5, 0.6) is 0 Å². The van der Waals surface area contributed by atoms with Crippen LogP contribution in [-0.4, -0.2) is 29.5 Å². The summed E-state index contributed by atoms with van der Waals surface area (Å²) in [5.41, 5.74) is 1.11. The second kappa shape index (κ2) is 5.49. The molecule has 0 aromatic heterocycles. The van der Waals surface area contributed by atoms with Gasteiger partial charge in [0.1, 0.15) is 6.61 Å². The molecule has 0 bridgehead atoms. The SMILES string of the molecule is O=C1OCC(Cc2ccccc2)N1C(=O)C1CC=CC1. The van der Waals surface area contributed by atoms with Crippen molar-refractivity contribution in [2.45, 2.75) is 25.3 Å². The molecule has 1 aromatic carbocycles. The van der Waals surface area contributed by atoms with Crippen molar-refractivity contribution in [2.24, 2.45) is 5.92 Å². The van der Waals surface area contributed by atoms with Gasteiger partial charge in [-0.25, -0.2) is 9.69 Å². The number of nitrogens with zero attached hydrogens (tertiary/aromatic N) is 1. The molecule has 20 heavy (non-hydrogen) atoms. The third-order valence-corrected chi connectivity index (χ3v) is 3.87. The minimum Gasteiger partial charge on any atom is -0.447 e. The highest BCUT2D eigenvalue weighted by molar-refractivity contribution is 5.95. The summed E-state index contributed by atoms with van der Waals surface area (Å²) in [5, 5.41) is 0. The molecule has 0 saturated carbocycles. The van der Waals surface area contributed by atoms with Crippen molar-refractivity contribution in [2.75, 3.05) is 6.61 Å². The summed E-state index contributed by atoms with van der Waals surface area (Å²) in [7, 11) is 0. The number of carbonyl (C=O) groups excluding carboxylic acids is 2. The largest absolute Gasteiger partial charge is 0.447 e. The Kier molecular flexibility index (Phi) is 3.54. The zero-order chi connectivity index (χ0) is 13.9. The molecule has 4 heteroatoms. The van der Waals surface area contributed by atoms with Crippen LogP contribution < -0.4 is 0 Å². The number of allylic oxidation sites excluding steroid dienone is 2. The molecular weight excluding hydrogens is 254 g/mol. The first-order valence-electron chi connectivity index (χ1n) is 6.94. The average Bonchev–Trinajstić information content (AvgIpc) is 3.10. The first-order chi connectivity index (χ1) is 9.75. The van der Waals surface area contributed by atoms with E-state index in [1.165, 1.54) is 4.90 Å². The third-order valence-electron chi connectivity index (χ3n) is 3.87. The van der Waals surface area contributed by atoms with Crippen molar-refractivity contribution >= 4 is 12.0 Å².